The van der Waals surface area contributed by atoms with Crippen LogP contribution in [0.5, 0.6) is 0 Å². The average molecular weight is 331 g/mol. The molecule has 0 aliphatic rings. The third kappa shape index (κ3) is 4.96. The Bertz CT molecular complexity index is 686. The number of rotatable bonds is 6. The predicted octanol–water partition coefficient (Wildman–Crippen LogP) is 2.29. The number of hydrogen-bond donors (Lipinski definition) is 2. The van der Waals surface area contributed by atoms with Gasteiger partial charge in [-0.15, -0.1) is 16.8 Å². The summed E-state index contributed by atoms with van der Waals surface area (Å²) in [6, 6.07) is 8.33. The van der Waals surface area contributed by atoms with Gasteiger partial charge in [0.15, 0.2) is 5.16 Å². The second-order valence-electron chi connectivity index (χ2n) is 4.62. The lowest BCUT2D eigenvalue weighted by Crippen LogP contribution is -2.38. The van der Waals surface area contributed by atoms with E-state index in [-0.39, 0.29) is 0 Å². The second-order valence-corrected chi connectivity index (χ2v) is 5.93. The number of allylic oxidation sites excluding steroid dienone is 1. The first-order chi connectivity index (χ1) is 11.1. The number of benzene rings is 1. The fourth-order valence-corrected chi connectivity index (χ4v) is 2.54. The van der Waals surface area contributed by atoms with Crippen molar-refractivity contribution >= 4 is 29.4 Å². The summed E-state index contributed by atoms with van der Waals surface area (Å²) in [5.74, 6) is -0.406. The molecule has 1 aromatic carbocycles. The first-order valence-corrected chi connectivity index (χ1v) is 7.80. The van der Waals surface area contributed by atoms with E-state index in [4.69, 9.17) is 0 Å². The molecular formula is C15H17N5O2S. The number of anilines is 1. The van der Waals surface area contributed by atoms with Crippen LogP contribution in [0.15, 0.2) is 54.5 Å². The van der Waals surface area contributed by atoms with E-state index < -0.39 is 17.2 Å². The Kier molecular flexibility index (Phi) is 5.93. The summed E-state index contributed by atoms with van der Waals surface area (Å²) in [5, 5.41) is 12.7. The number of thioether (sulfide) groups is 1. The van der Waals surface area contributed by atoms with Crippen molar-refractivity contribution in [1.29, 1.82) is 0 Å². The van der Waals surface area contributed by atoms with Crippen LogP contribution >= 0.6 is 11.8 Å². The van der Waals surface area contributed by atoms with Gasteiger partial charge in [0, 0.05) is 12.2 Å². The maximum atomic E-state index is 12.1. The first kappa shape index (κ1) is 16.8. The smallest absolute Gasteiger partial charge is 0.308 e. The molecule has 0 bridgehead atoms. The summed E-state index contributed by atoms with van der Waals surface area (Å²) in [7, 11) is 0. The number of carbonyl (C=O) groups excluding carboxylic acids is 2. The maximum Gasteiger partial charge on any atom is 0.325 e. The number of urea groups is 1. The zero-order valence-electron chi connectivity index (χ0n) is 12.6. The third-order valence-corrected chi connectivity index (χ3v) is 3.92. The Labute approximate surface area is 138 Å². The molecule has 1 unspecified atom stereocenters. The molecule has 120 valence electrons. The van der Waals surface area contributed by atoms with Gasteiger partial charge in [0.25, 0.3) is 0 Å². The van der Waals surface area contributed by atoms with Gasteiger partial charge in [0.2, 0.25) is 5.91 Å². The van der Waals surface area contributed by atoms with Gasteiger partial charge in [0.05, 0.1) is 5.25 Å². The van der Waals surface area contributed by atoms with Gasteiger partial charge in [-0.1, -0.05) is 36.0 Å². The van der Waals surface area contributed by atoms with E-state index in [2.05, 4.69) is 27.4 Å². The summed E-state index contributed by atoms with van der Waals surface area (Å²) < 4.78 is 1.77. The van der Waals surface area contributed by atoms with E-state index in [0.717, 1.165) is 0 Å². The minimum absolute atomic E-state index is 0.406. The molecule has 0 saturated heterocycles. The Morgan fingerprint density at radius 1 is 1.39 bits per heavy atom. The summed E-state index contributed by atoms with van der Waals surface area (Å²) in [6.07, 6.45) is 3.28. The molecule has 0 aliphatic heterocycles. The molecular weight excluding hydrogens is 314 g/mol. The lowest BCUT2D eigenvalue weighted by atomic mass is 10.3. The van der Waals surface area contributed by atoms with Gasteiger partial charge in [-0.25, -0.2) is 4.79 Å². The van der Waals surface area contributed by atoms with Crippen LogP contribution in [0.1, 0.15) is 6.92 Å². The molecule has 1 atom stereocenters. The molecule has 2 N–H and O–H groups in total. The number of aromatic nitrogens is 3. The van der Waals surface area contributed by atoms with Crippen molar-refractivity contribution in [3.8, 4) is 0 Å². The molecule has 1 aromatic heterocycles. The van der Waals surface area contributed by atoms with E-state index in [1.54, 1.807) is 48.2 Å². The van der Waals surface area contributed by atoms with Gasteiger partial charge < -0.3 is 9.88 Å². The molecule has 0 spiro atoms. The van der Waals surface area contributed by atoms with Gasteiger partial charge in [-0.2, -0.15) is 0 Å². The van der Waals surface area contributed by atoms with Crippen LogP contribution in [0.2, 0.25) is 0 Å². The molecule has 0 fully saturated rings. The van der Waals surface area contributed by atoms with Gasteiger partial charge in [-0.3, -0.25) is 10.1 Å². The molecule has 2 rings (SSSR count). The highest BCUT2D eigenvalue weighted by Gasteiger charge is 2.19. The van der Waals surface area contributed by atoms with E-state index in [1.807, 2.05) is 6.07 Å². The Hall–Kier alpha value is -2.61. The van der Waals surface area contributed by atoms with Gasteiger partial charge in [0.1, 0.15) is 6.33 Å². The lowest BCUT2D eigenvalue weighted by Gasteiger charge is -2.11. The normalized spacial score (nSPS) is 11.5. The number of nitrogens with one attached hydrogen (secondary N) is 2. The first-order valence-electron chi connectivity index (χ1n) is 6.92. The summed E-state index contributed by atoms with van der Waals surface area (Å²) in [4.78, 5) is 23.9. The highest BCUT2D eigenvalue weighted by atomic mass is 32.2. The molecule has 7 nitrogen and oxygen atoms in total. The molecule has 1 heterocycles. The monoisotopic (exact) mass is 331 g/mol. The zero-order valence-corrected chi connectivity index (χ0v) is 13.4. The van der Waals surface area contributed by atoms with Crippen LogP contribution in [-0.2, 0) is 11.3 Å². The predicted molar refractivity (Wildman–Crippen MR) is 89.1 cm³/mol. The fraction of sp³-hybridized carbons (Fsp3) is 0.200. The molecule has 8 heteroatoms. The number of hydrogen-bond acceptors (Lipinski definition) is 5. The second kappa shape index (κ2) is 8.14. The molecule has 23 heavy (non-hydrogen) atoms. The number of amides is 3. The highest BCUT2D eigenvalue weighted by Crippen LogP contribution is 2.20. The third-order valence-electron chi connectivity index (χ3n) is 2.83. The summed E-state index contributed by atoms with van der Waals surface area (Å²) >= 11 is 1.22. The Morgan fingerprint density at radius 2 is 2.13 bits per heavy atom. The van der Waals surface area contributed by atoms with Gasteiger partial charge >= 0.3 is 6.03 Å². The number of carbonyl (C=O) groups is 2. The van der Waals surface area contributed by atoms with E-state index >= 15 is 0 Å². The minimum atomic E-state index is -0.568. The van der Waals surface area contributed by atoms with Crippen molar-refractivity contribution in [3.05, 3.63) is 49.3 Å². The van der Waals surface area contributed by atoms with Crippen molar-refractivity contribution in [3.63, 3.8) is 0 Å². The van der Waals surface area contributed by atoms with Crippen molar-refractivity contribution in [2.45, 2.75) is 23.9 Å². The number of imide groups is 1. The van der Waals surface area contributed by atoms with Gasteiger partial charge in [-0.05, 0) is 19.1 Å². The van der Waals surface area contributed by atoms with E-state index in [0.29, 0.717) is 17.4 Å². The fourth-order valence-electron chi connectivity index (χ4n) is 1.71. The van der Waals surface area contributed by atoms with Crippen LogP contribution < -0.4 is 10.6 Å². The SMILES string of the molecule is C=CCn1cnnc1SC(C)C(=O)NC(=O)Nc1ccccc1. The Balaban J connectivity index is 1.88. The number of nitrogens with zero attached hydrogens (tertiary/aromatic N) is 3. The standard InChI is InChI=1S/C15H17N5O2S/c1-3-9-20-10-16-19-15(20)23-11(2)13(21)18-14(22)17-12-7-5-4-6-8-12/h3-8,10-11H,1,9H2,2H3,(H2,17,18,21,22). The number of para-hydroxylation sites is 1. The topological polar surface area (TPSA) is 88.9 Å². The maximum absolute atomic E-state index is 12.1. The van der Waals surface area contributed by atoms with Crippen molar-refractivity contribution < 1.29 is 9.59 Å². The summed E-state index contributed by atoms with van der Waals surface area (Å²) in [5.41, 5.74) is 0.615. The molecule has 0 radical (unpaired) electrons. The molecule has 0 aliphatic carbocycles. The highest BCUT2D eigenvalue weighted by molar-refractivity contribution is 8.00. The average Bonchev–Trinajstić information content (AvgIpc) is 2.95. The summed E-state index contributed by atoms with van der Waals surface area (Å²) in [6.45, 7) is 5.90. The van der Waals surface area contributed by atoms with Crippen molar-refractivity contribution in [2.24, 2.45) is 0 Å². The minimum Gasteiger partial charge on any atom is -0.308 e. The van der Waals surface area contributed by atoms with Crippen LogP contribution in [-0.4, -0.2) is 32.0 Å². The zero-order chi connectivity index (χ0) is 16.7. The van der Waals surface area contributed by atoms with Crippen molar-refractivity contribution in [1.82, 2.24) is 20.1 Å². The van der Waals surface area contributed by atoms with Crippen LogP contribution in [0.3, 0.4) is 0 Å². The molecule has 3 amide bonds. The largest absolute Gasteiger partial charge is 0.325 e. The van der Waals surface area contributed by atoms with Crippen molar-refractivity contribution in [2.75, 3.05) is 5.32 Å². The molecule has 0 saturated carbocycles. The van der Waals surface area contributed by atoms with Crippen LogP contribution in [0.25, 0.3) is 0 Å². The quantitative estimate of drug-likeness (QED) is 0.626. The Morgan fingerprint density at radius 3 is 2.83 bits per heavy atom. The lowest BCUT2D eigenvalue weighted by molar-refractivity contribution is -0.119. The van der Waals surface area contributed by atoms with Crippen LogP contribution in [0.4, 0.5) is 10.5 Å². The van der Waals surface area contributed by atoms with E-state index in [1.165, 1.54) is 11.8 Å². The van der Waals surface area contributed by atoms with Crippen LogP contribution in [0, 0.1) is 0 Å². The molecule has 2 aromatic rings. The van der Waals surface area contributed by atoms with E-state index in [9.17, 15) is 9.59 Å².